The van der Waals surface area contributed by atoms with E-state index in [0.717, 1.165) is 31.6 Å². The summed E-state index contributed by atoms with van der Waals surface area (Å²) in [5, 5.41) is 0. The van der Waals surface area contributed by atoms with Gasteiger partial charge in [-0.25, -0.2) is 0 Å². The van der Waals surface area contributed by atoms with Crippen molar-refractivity contribution in [3.63, 3.8) is 0 Å². The van der Waals surface area contributed by atoms with E-state index in [1.807, 2.05) is 0 Å². The highest BCUT2D eigenvalue weighted by atomic mass is 14.2. The fourth-order valence-electron chi connectivity index (χ4n) is 2.98. The van der Waals surface area contributed by atoms with E-state index in [0.29, 0.717) is 5.41 Å². The van der Waals surface area contributed by atoms with Crippen molar-refractivity contribution in [1.82, 2.24) is 0 Å². The molecule has 0 atom stereocenters. The molecule has 0 radical (unpaired) electrons. The molecule has 0 aliphatic heterocycles. The molecule has 0 aromatic heterocycles. The summed E-state index contributed by atoms with van der Waals surface area (Å²) >= 11 is 0. The van der Waals surface area contributed by atoms with Crippen molar-refractivity contribution in [2.45, 2.75) is 107 Å². The van der Waals surface area contributed by atoms with Crippen molar-refractivity contribution in [2.75, 3.05) is 0 Å². The van der Waals surface area contributed by atoms with E-state index in [2.05, 4.69) is 92.3 Å². The van der Waals surface area contributed by atoms with E-state index < -0.39 is 0 Å². The molecule has 0 heterocycles. The fraction of sp³-hybridized carbons (Fsp3) is 0.643. The van der Waals surface area contributed by atoms with Crippen LogP contribution in [0.5, 0.6) is 0 Å². The summed E-state index contributed by atoms with van der Waals surface area (Å²) in [6.07, 6.45) is 21.0. The van der Waals surface area contributed by atoms with Gasteiger partial charge in [-0.3, -0.25) is 0 Å². The molecule has 0 N–H and O–H groups in total. The van der Waals surface area contributed by atoms with Crippen molar-refractivity contribution in [1.29, 1.82) is 0 Å². The first-order valence-electron chi connectivity index (χ1n) is 11.3. The molecule has 0 aromatic rings. The Morgan fingerprint density at radius 2 is 1.57 bits per heavy atom. The Labute approximate surface area is 177 Å². The van der Waals surface area contributed by atoms with Crippen LogP contribution in [0, 0.1) is 11.3 Å². The number of hydrogen-bond acceptors (Lipinski definition) is 0. The van der Waals surface area contributed by atoms with E-state index in [-0.39, 0.29) is 0 Å². The Balaban J connectivity index is 4.18. The Bertz CT molecular complexity index is 557. The quantitative estimate of drug-likeness (QED) is 0.206. The lowest BCUT2D eigenvalue weighted by Crippen LogP contribution is -2.11. The number of allylic oxidation sites excluding steroid dienone is 9. The lowest BCUT2D eigenvalue weighted by atomic mass is 9.81. The van der Waals surface area contributed by atoms with Crippen molar-refractivity contribution in [3.8, 4) is 0 Å². The molecule has 0 unspecified atom stereocenters. The van der Waals surface area contributed by atoms with Gasteiger partial charge in [-0.1, -0.05) is 86.9 Å². The summed E-state index contributed by atoms with van der Waals surface area (Å²) in [5.74, 6) is 0.742. The molecule has 0 aliphatic rings. The van der Waals surface area contributed by atoms with Crippen molar-refractivity contribution < 1.29 is 0 Å². The summed E-state index contributed by atoms with van der Waals surface area (Å²) in [6, 6.07) is 0. The molecule has 0 saturated heterocycles. The third-order valence-electron chi connectivity index (χ3n) is 5.27. The van der Waals surface area contributed by atoms with Crippen LogP contribution in [-0.4, -0.2) is 0 Å². The zero-order valence-electron chi connectivity index (χ0n) is 20.3. The summed E-state index contributed by atoms with van der Waals surface area (Å²) in [7, 11) is 0. The highest BCUT2D eigenvalue weighted by molar-refractivity contribution is 5.15. The van der Waals surface area contributed by atoms with E-state index in [1.54, 1.807) is 0 Å². The monoisotopic (exact) mass is 384 g/mol. The Morgan fingerprint density at radius 1 is 0.893 bits per heavy atom. The standard InChI is InChI=1S/C28H48/c1-23(2)13-12-15-26(6)18-19-27(7)20-22-28(8,9)21-11-10-14-25(5)17-16-24(3)4/h10,13-14,17-18,24H,7,11-12,15-16,19-22H2,1-6,8-9H3/b14-10+,25-17-,26-18+. The van der Waals surface area contributed by atoms with Gasteiger partial charge in [0.25, 0.3) is 0 Å². The minimum absolute atomic E-state index is 0.380. The Kier molecular flexibility index (Phi) is 14.0. The molecule has 0 aromatic carbocycles. The van der Waals surface area contributed by atoms with E-state index in [9.17, 15) is 0 Å². The summed E-state index contributed by atoms with van der Waals surface area (Å²) < 4.78 is 0. The molecular weight excluding hydrogens is 336 g/mol. The molecule has 160 valence electrons. The van der Waals surface area contributed by atoms with Crippen LogP contribution < -0.4 is 0 Å². The third-order valence-corrected chi connectivity index (χ3v) is 5.27. The van der Waals surface area contributed by atoms with Crippen molar-refractivity contribution in [3.05, 3.63) is 59.3 Å². The predicted octanol–water partition coefficient (Wildman–Crippen LogP) is 9.76. The van der Waals surface area contributed by atoms with Crippen molar-refractivity contribution >= 4 is 0 Å². The molecule has 0 spiro atoms. The lowest BCUT2D eigenvalue weighted by molar-refractivity contribution is 0.310. The highest BCUT2D eigenvalue weighted by Crippen LogP contribution is 2.30. The first kappa shape index (κ1) is 26.7. The molecule has 0 nitrogen and oxygen atoms in total. The summed E-state index contributed by atoms with van der Waals surface area (Å²) in [4.78, 5) is 0. The van der Waals surface area contributed by atoms with Gasteiger partial charge in [-0.15, -0.1) is 0 Å². The second-order valence-electron chi connectivity index (χ2n) is 10.0. The average Bonchev–Trinajstić information content (AvgIpc) is 2.60. The highest BCUT2D eigenvalue weighted by Gasteiger charge is 2.16. The number of rotatable bonds is 14. The van der Waals surface area contributed by atoms with Gasteiger partial charge in [-0.05, 0) is 90.4 Å². The van der Waals surface area contributed by atoms with E-state index in [4.69, 9.17) is 0 Å². The maximum Gasteiger partial charge on any atom is -0.0139 e. The first-order chi connectivity index (χ1) is 13.0. The largest absolute Gasteiger partial charge is 0.0995 e. The zero-order chi connectivity index (χ0) is 21.6. The van der Waals surface area contributed by atoms with Gasteiger partial charge >= 0.3 is 0 Å². The Hall–Kier alpha value is -1.30. The second kappa shape index (κ2) is 14.7. The fourth-order valence-corrected chi connectivity index (χ4v) is 2.98. The smallest absolute Gasteiger partial charge is 0.0139 e. The minimum atomic E-state index is 0.380. The van der Waals surface area contributed by atoms with Gasteiger partial charge < -0.3 is 0 Å². The molecule has 0 bridgehead atoms. The van der Waals surface area contributed by atoms with E-state index >= 15 is 0 Å². The molecular formula is C28H48. The van der Waals surface area contributed by atoms with Crippen LogP contribution in [0.25, 0.3) is 0 Å². The molecule has 0 amide bonds. The third kappa shape index (κ3) is 16.8. The SMILES string of the molecule is C=C(C/C=C(\C)CCC=C(C)C)CCC(C)(C)CC/C=C/C(C)=C\CC(C)C. The maximum absolute atomic E-state index is 4.31. The molecule has 0 heteroatoms. The van der Waals surface area contributed by atoms with Gasteiger partial charge in [0.05, 0.1) is 0 Å². The van der Waals surface area contributed by atoms with Gasteiger partial charge in [-0.2, -0.15) is 0 Å². The van der Waals surface area contributed by atoms with Crippen LogP contribution in [0.15, 0.2) is 59.3 Å². The first-order valence-corrected chi connectivity index (χ1v) is 11.3. The van der Waals surface area contributed by atoms with Crippen LogP contribution in [0.2, 0.25) is 0 Å². The molecule has 0 rings (SSSR count). The number of hydrogen-bond donors (Lipinski definition) is 0. The predicted molar refractivity (Wildman–Crippen MR) is 131 cm³/mol. The minimum Gasteiger partial charge on any atom is -0.0995 e. The zero-order valence-corrected chi connectivity index (χ0v) is 20.3. The Morgan fingerprint density at radius 3 is 2.18 bits per heavy atom. The van der Waals surface area contributed by atoms with Gasteiger partial charge in [0.15, 0.2) is 0 Å². The molecule has 28 heavy (non-hydrogen) atoms. The van der Waals surface area contributed by atoms with Gasteiger partial charge in [0.1, 0.15) is 0 Å². The summed E-state index contributed by atoms with van der Waals surface area (Å²) in [5.41, 5.74) is 6.05. The van der Waals surface area contributed by atoms with Crippen molar-refractivity contribution in [2.24, 2.45) is 11.3 Å². The van der Waals surface area contributed by atoms with Crippen LogP contribution >= 0.6 is 0 Å². The lowest BCUT2D eigenvalue weighted by Gasteiger charge is -2.24. The van der Waals surface area contributed by atoms with Crippen LogP contribution in [0.1, 0.15) is 107 Å². The maximum atomic E-state index is 4.31. The molecule has 0 saturated carbocycles. The normalized spacial score (nSPS) is 13.5. The molecule has 0 aliphatic carbocycles. The topological polar surface area (TPSA) is 0 Å². The van der Waals surface area contributed by atoms with E-state index in [1.165, 1.54) is 48.0 Å². The second-order valence-corrected chi connectivity index (χ2v) is 10.0. The van der Waals surface area contributed by atoms with Crippen LogP contribution in [0.3, 0.4) is 0 Å². The van der Waals surface area contributed by atoms with Crippen LogP contribution in [-0.2, 0) is 0 Å². The average molecular weight is 385 g/mol. The summed E-state index contributed by atoms with van der Waals surface area (Å²) in [6.45, 7) is 22.5. The van der Waals surface area contributed by atoms with Gasteiger partial charge in [0, 0.05) is 0 Å². The van der Waals surface area contributed by atoms with Crippen LogP contribution in [0.4, 0.5) is 0 Å². The van der Waals surface area contributed by atoms with Gasteiger partial charge in [0.2, 0.25) is 0 Å². The molecule has 0 fully saturated rings.